The Morgan fingerprint density at radius 3 is 2.53 bits per heavy atom. The van der Waals surface area contributed by atoms with Gasteiger partial charge in [-0.25, -0.2) is 0 Å². The number of carbonyl (C=O) groups is 1. The highest BCUT2D eigenvalue weighted by atomic mass is 16.5. The molecule has 4 heteroatoms. The van der Waals surface area contributed by atoms with E-state index in [0.29, 0.717) is 11.3 Å². The first-order valence-electron chi connectivity index (χ1n) is 4.54. The van der Waals surface area contributed by atoms with Crippen molar-refractivity contribution in [3.05, 3.63) is 29.8 Å². The zero-order valence-corrected chi connectivity index (χ0v) is 8.73. The Kier molecular flexibility index (Phi) is 3.31. The monoisotopic (exact) mass is 210 g/mol. The van der Waals surface area contributed by atoms with Crippen molar-refractivity contribution >= 4 is 5.97 Å². The fourth-order valence-corrected chi connectivity index (χ4v) is 1.37. The molecule has 2 N–H and O–H groups in total. The first kappa shape index (κ1) is 11.5. The molecular formula is C11H14O4. The van der Waals surface area contributed by atoms with Crippen LogP contribution in [0.3, 0.4) is 0 Å². The fraction of sp³-hybridized carbons (Fsp3) is 0.364. The molecule has 0 fully saturated rings. The molecule has 0 aromatic heterocycles. The summed E-state index contributed by atoms with van der Waals surface area (Å²) in [5.74, 6) is -0.606. The van der Waals surface area contributed by atoms with Crippen LogP contribution >= 0.6 is 0 Å². The lowest BCUT2D eigenvalue weighted by Gasteiger charge is -2.24. The van der Waals surface area contributed by atoms with Crippen molar-refractivity contribution in [2.45, 2.75) is 12.3 Å². The van der Waals surface area contributed by atoms with E-state index in [2.05, 4.69) is 0 Å². The maximum Gasteiger partial charge on any atom is 0.316 e. The van der Waals surface area contributed by atoms with Gasteiger partial charge in [0.25, 0.3) is 0 Å². The summed E-state index contributed by atoms with van der Waals surface area (Å²) >= 11 is 0. The van der Waals surface area contributed by atoms with Gasteiger partial charge in [-0.3, -0.25) is 4.79 Å². The summed E-state index contributed by atoms with van der Waals surface area (Å²) in [5.41, 5.74) is -0.852. The molecule has 0 bridgehead atoms. The summed E-state index contributed by atoms with van der Waals surface area (Å²) < 4.78 is 5.07. The van der Waals surface area contributed by atoms with Gasteiger partial charge in [-0.1, -0.05) is 18.2 Å². The molecule has 1 aromatic carbocycles. The van der Waals surface area contributed by atoms with Gasteiger partial charge in [0.1, 0.15) is 11.2 Å². The van der Waals surface area contributed by atoms with Gasteiger partial charge in [0.05, 0.1) is 13.7 Å². The fourth-order valence-electron chi connectivity index (χ4n) is 1.37. The van der Waals surface area contributed by atoms with Crippen molar-refractivity contribution in [2.75, 3.05) is 13.7 Å². The summed E-state index contributed by atoms with van der Waals surface area (Å²) in [6, 6.07) is 6.78. The number of carboxylic acids is 1. The van der Waals surface area contributed by atoms with Crippen LogP contribution in [-0.4, -0.2) is 29.9 Å². The number of aliphatic hydroxyl groups excluding tert-OH is 1. The van der Waals surface area contributed by atoms with Crippen LogP contribution in [0.2, 0.25) is 0 Å². The molecule has 0 saturated heterocycles. The van der Waals surface area contributed by atoms with Crippen LogP contribution in [0.1, 0.15) is 12.5 Å². The summed E-state index contributed by atoms with van der Waals surface area (Å²) in [6.45, 7) is 0.996. The van der Waals surface area contributed by atoms with E-state index in [1.165, 1.54) is 14.0 Å². The number of aliphatic carboxylic acids is 1. The molecule has 0 amide bonds. The van der Waals surface area contributed by atoms with Crippen LogP contribution in [0.4, 0.5) is 0 Å². The number of carboxylic acid groups (broad SMARTS) is 1. The van der Waals surface area contributed by atoms with Gasteiger partial charge >= 0.3 is 5.97 Å². The average Bonchev–Trinajstić information content (AvgIpc) is 2.27. The Morgan fingerprint density at radius 1 is 1.47 bits per heavy atom. The van der Waals surface area contributed by atoms with E-state index in [9.17, 15) is 9.90 Å². The molecule has 0 aliphatic carbocycles. The van der Waals surface area contributed by atoms with Crippen molar-refractivity contribution in [1.29, 1.82) is 0 Å². The van der Waals surface area contributed by atoms with Crippen molar-refractivity contribution in [3.63, 3.8) is 0 Å². The Balaban J connectivity index is 3.29. The van der Waals surface area contributed by atoms with Gasteiger partial charge < -0.3 is 14.9 Å². The van der Waals surface area contributed by atoms with Crippen LogP contribution in [0, 0.1) is 0 Å². The Hall–Kier alpha value is -1.55. The standard InChI is InChI=1S/C11H14O4/c1-11(7-12,10(13)14)8-5-3-4-6-9(8)15-2/h3-6,12H,7H2,1-2H3,(H,13,14). The number of benzene rings is 1. The number of para-hydroxylation sites is 1. The first-order valence-corrected chi connectivity index (χ1v) is 4.54. The first-order chi connectivity index (χ1) is 7.06. The maximum absolute atomic E-state index is 11.1. The number of aliphatic hydroxyl groups is 1. The minimum absolute atomic E-state index is 0.469. The van der Waals surface area contributed by atoms with Crippen LogP contribution in [0.25, 0.3) is 0 Å². The summed E-state index contributed by atoms with van der Waals surface area (Å²) in [5, 5.41) is 18.3. The lowest BCUT2D eigenvalue weighted by molar-refractivity contribution is -0.144. The molecule has 15 heavy (non-hydrogen) atoms. The van der Waals surface area contributed by atoms with E-state index in [0.717, 1.165) is 0 Å². The minimum atomic E-state index is -1.33. The Labute approximate surface area is 88.1 Å². The number of hydrogen-bond acceptors (Lipinski definition) is 3. The quantitative estimate of drug-likeness (QED) is 0.779. The van der Waals surface area contributed by atoms with Gasteiger partial charge in [0.2, 0.25) is 0 Å². The highest BCUT2D eigenvalue weighted by Crippen LogP contribution is 2.31. The van der Waals surface area contributed by atoms with E-state index >= 15 is 0 Å². The molecule has 1 atom stereocenters. The molecule has 1 aromatic rings. The molecule has 1 unspecified atom stereocenters. The van der Waals surface area contributed by atoms with Gasteiger partial charge in [0, 0.05) is 5.56 Å². The Morgan fingerprint density at radius 2 is 2.07 bits per heavy atom. The van der Waals surface area contributed by atoms with E-state index in [1.54, 1.807) is 24.3 Å². The third-order valence-electron chi connectivity index (χ3n) is 2.49. The molecule has 0 spiro atoms. The van der Waals surface area contributed by atoms with Crippen LogP contribution < -0.4 is 4.74 Å². The van der Waals surface area contributed by atoms with Gasteiger partial charge in [-0.05, 0) is 13.0 Å². The summed E-state index contributed by atoms with van der Waals surface area (Å²) in [7, 11) is 1.47. The second-order valence-electron chi connectivity index (χ2n) is 3.50. The minimum Gasteiger partial charge on any atom is -0.496 e. The van der Waals surface area contributed by atoms with Crippen molar-refractivity contribution in [1.82, 2.24) is 0 Å². The van der Waals surface area contributed by atoms with Crippen LogP contribution in [0.5, 0.6) is 5.75 Å². The number of hydrogen-bond donors (Lipinski definition) is 2. The normalized spacial score (nSPS) is 14.3. The molecule has 0 saturated carbocycles. The topological polar surface area (TPSA) is 66.8 Å². The van der Waals surface area contributed by atoms with Crippen LogP contribution in [-0.2, 0) is 10.2 Å². The smallest absolute Gasteiger partial charge is 0.316 e. The molecule has 0 heterocycles. The molecular weight excluding hydrogens is 196 g/mol. The van der Waals surface area contributed by atoms with E-state index in [1.807, 2.05) is 0 Å². The van der Waals surface area contributed by atoms with Gasteiger partial charge in [-0.2, -0.15) is 0 Å². The summed E-state index contributed by atoms with van der Waals surface area (Å²) in [6.07, 6.45) is 0. The van der Waals surface area contributed by atoms with E-state index in [4.69, 9.17) is 9.84 Å². The molecule has 0 aliphatic heterocycles. The highest BCUT2D eigenvalue weighted by molar-refractivity contribution is 5.82. The lowest BCUT2D eigenvalue weighted by Crippen LogP contribution is -2.36. The second-order valence-corrected chi connectivity index (χ2v) is 3.50. The van der Waals surface area contributed by atoms with Crippen molar-refractivity contribution < 1.29 is 19.7 Å². The molecule has 1 rings (SSSR count). The Bertz CT molecular complexity index is 361. The lowest BCUT2D eigenvalue weighted by atomic mass is 9.83. The third-order valence-corrected chi connectivity index (χ3v) is 2.49. The van der Waals surface area contributed by atoms with Crippen molar-refractivity contribution in [3.8, 4) is 5.75 Å². The third kappa shape index (κ3) is 1.94. The molecule has 0 aliphatic rings. The summed E-state index contributed by atoms with van der Waals surface area (Å²) in [4.78, 5) is 11.1. The predicted molar refractivity (Wildman–Crippen MR) is 55.1 cm³/mol. The van der Waals surface area contributed by atoms with Gasteiger partial charge in [0.15, 0.2) is 0 Å². The highest BCUT2D eigenvalue weighted by Gasteiger charge is 2.36. The zero-order valence-electron chi connectivity index (χ0n) is 8.73. The molecule has 0 radical (unpaired) electrons. The average molecular weight is 210 g/mol. The number of ether oxygens (including phenoxy) is 1. The van der Waals surface area contributed by atoms with Crippen molar-refractivity contribution in [2.24, 2.45) is 0 Å². The number of rotatable bonds is 4. The predicted octanol–water partition coefficient (Wildman–Crippen LogP) is 1.03. The SMILES string of the molecule is COc1ccccc1C(C)(CO)C(=O)O. The number of methoxy groups -OCH3 is 1. The van der Waals surface area contributed by atoms with Crippen LogP contribution in [0.15, 0.2) is 24.3 Å². The zero-order chi connectivity index (χ0) is 11.5. The second kappa shape index (κ2) is 4.31. The molecule has 4 nitrogen and oxygen atoms in total. The van der Waals surface area contributed by atoms with E-state index in [-0.39, 0.29) is 0 Å². The van der Waals surface area contributed by atoms with Gasteiger partial charge in [-0.15, -0.1) is 0 Å². The maximum atomic E-state index is 11.1. The van der Waals surface area contributed by atoms with E-state index < -0.39 is 18.0 Å². The molecule has 82 valence electrons. The largest absolute Gasteiger partial charge is 0.496 e.